The zero-order valence-corrected chi connectivity index (χ0v) is 19.8. The second-order valence-corrected chi connectivity index (χ2v) is 14.5. The van der Waals surface area contributed by atoms with Gasteiger partial charge in [0.25, 0.3) is 0 Å². The highest BCUT2D eigenvalue weighted by atomic mass is 28.4. The molecule has 0 unspecified atom stereocenters. The average molecular weight is 399 g/mol. The molecule has 1 heterocycles. The summed E-state index contributed by atoms with van der Waals surface area (Å²) in [4.78, 5) is 11.5. The molecule has 0 aromatic heterocycles. The van der Waals surface area contributed by atoms with Gasteiger partial charge >= 0.3 is 0 Å². The molecule has 1 rings (SSSR count). The molecule has 1 saturated heterocycles. The predicted molar refractivity (Wildman–Crippen MR) is 114 cm³/mol. The Morgan fingerprint density at radius 2 is 1.70 bits per heavy atom. The van der Waals surface area contributed by atoms with Crippen molar-refractivity contribution in [3.63, 3.8) is 0 Å². The van der Waals surface area contributed by atoms with Crippen LogP contribution in [0.2, 0.25) is 16.6 Å². The van der Waals surface area contributed by atoms with Crippen molar-refractivity contribution in [1.29, 1.82) is 0 Å². The fourth-order valence-electron chi connectivity index (χ4n) is 4.73. The van der Waals surface area contributed by atoms with Gasteiger partial charge in [-0.15, -0.1) is 12.3 Å². The first-order chi connectivity index (χ1) is 12.6. The Hall–Kier alpha value is -0.383. The van der Waals surface area contributed by atoms with E-state index in [9.17, 15) is 0 Å². The van der Waals surface area contributed by atoms with Gasteiger partial charge in [-0.2, -0.15) is 0 Å². The third kappa shape index (κ3) is 6.05. The number of rotatable bonds is 11. The maximum absolute atomic E-state index is 6.74. The Bertz CT molecular complexity index is 440. The van der Waals surface area contributed by atoms with Gasteiger partial charge in [0.2, 0.25) is 5.79 Å². The van der Waals surface area contributed by atoms with E-state index in [4.69, 9.17) is 25.4 Å². The summed E-state index contributed by atoms with van der Waals surface area (Å²) in [5.74, 6) is 2.30. The second-order valence-electron chi connectivity index (χ2n) is 9.04. The quantitative estimate of drug-likeness (QED) is 0.183. The maximum Gasteiger partial charge on any atom is 0.201 e. The van der Waals surface area contributed by atoms with E-state index in [1.54, 1.807) is 7.11 Å². The molecule has 5 heteroatoms. The first kappa shape index (κ1) is 24.7. The van der Waals surface area contributed by atoms with Crippen LogP contribution in [-0.4, -0.2) is 33.9 Å². The van der Waals surface area contributed by atoms with E-state index in [1.807, 2.05) is 0 Å². The Labute approximate surface area is 168 Å². The van der Waals surface area contributed by atoms with E-state index in [0.717, 1.165) is 38.7 Å². The van der Waals surface area contributed by atoms with Gasteiger partial charge in [0.05, 0.1) is 6.10 Å². The molecule has 0 aromatic rings. The van der Waals surface area contributed by atoms with Crippen molar-refractivity contribution in [3.05, 3.63) is 0 Å². The molecular weight excluding hydrogens is 356 g/mol. The lowest BCUT2D eigenvalue weighted by Gasteiger charge is -2.44. The summed E-state index contributed by atoms with van der Waals surface area (Å²) in [5.41, 5.74) is 1.77. The van der Waals surface area contributed by atoms with Crippen molar-refractivity contribution in [1.82, 2.24) is 0 Å². The SMILES string of the molecule is C#CCCC[C@]1(OC)CC[C@@H]([C@@H](C)CO[Si](C(C)C)(C(C)C)C(C)C)OO1. The third-order valence-electron chi connectivity index (χ3n) is 6.32. The van der Waals surface area contributed by atoms with Gasteiger partial charge < -0.3 is 9.16 Å². The third-order valence-corrected chi connectivity index (χ3v) is 12.4. The summed E-state index contributed by atoms with van der Waals surface area (Å²) < 4.78 is 12.4. The largest absolute Gasteiger partial charge is 0.416 e. The van der Waals surface area contributed by atoms with Gasteiger partial charge in [0.1, 0.15) is 0 Å². The van der Waals surface area contributed by atoms with Crippen LogP contribution in [0.1, 0.15) is 80.6 Å². The monoisotopic (exact) mass is 398 g/mol. The highest BCUT2D eigenvalue weighted by Crippen LogP contribution is 2.43. The smallest absolute Gasteiger partial charge is 0.201 e. The summed E-state index contributed by atoms with van der Waals surface area (Å²) in [7, 11) is -0.170. The summed E-state index contributed by atoms with van der Waals surface area (Å²) in [6.45, 7) is 16.8. The van der Waals surface area contributed by atoms with Gasteiger partial charge in [-0.3, -0.25) is 0 Å². The molecule has 0 amide bonds. The molecule has 0 bridgehead atoms. The molecule has 0 aliphatic carbocycles. The number of ether oxygens (including phenoxy) is 1. The van der Waals surface area contributed by atoms with Gasteiger partial charge in [-0.1, -0.05) is 48.5 Å². The van der Waals surface area contributed by atoms with Crippen molar-refractivity contribution < 1.29 is 18.9 Å². The Balaban J connectivity index is 2.64. The first-order valence-corrected chi connectivity index (χ1v) is 12.8. The van der Waals surface area contributed by atoms with Crippen LogP contribution in [0.25, 0.3) is 0 Å². The molecule has 0 N–H and O–H groups in total. The normalized spacial score (nSPS) is 25.2. The maximum atomic E-state index is 6.74. The molecule has 1 aliphatic rings. The molecule has 27 heavy (non-hydrogen) atoms. The number of hydrogen-bond acceptors (Lipinski definition) is 4. The van der Waals surface area contributed by atoms with Crippen LogP contribution < -0.4 is 0 Å². The minimum absolute atomic E-state index is 0.0408. The highest BCUT2D eigenvalue weighted by molar-refractivity contribution is 6.77. The van der Waals surface area contributed by atoms with Crippen LogP contribution in [0.5, 0.6) is 0 Å². The van der Waals surface area contributed by atoms with Gasteiger partial charge in [0, 0.05) is 38.9 Å². The number of hydrogen-bond donors (Lipinski definition) is 0. The lowest BCUT2D eigenvalue weighted by atomic mass is 9.95. The Morgan fingerprint density at radius 3 is 2.11 bits per heavy atom. The molecule has 1 aliphatic heterocycles. The lowest BCUT2D eigenvalue weighted by molar-refractivity contribution is -0.471. The molecule has 3 atom stereocenters. The fraction of sp³-hybridized carbons (Fsp3) is 0.909. The summed E-state index contributed by atoms with van der Waals surface area (Å²) in [6, 6.07) is 0. The van der Waals surface area contributed by atoms with Crippen LogP contribution >= 0.6 is 0 Å². The summed E-state index contributed by atoms with van der Waals surface area (Å²) in [5, 5.41) is 0. The van der Waals surface area contributed by atoms with Crippen molar-refractivity contribution >= 4 is 8.32 Å². The van der Waals surface area contributed by atoms with E-state index in [2.05, 4.69) is 54.4 Å². The van der Waals surface area contributed by atoms with E-state index < -0.39 is 14.1 Å². The number of unbranched alkanes of at least 4 members (excludes halogenated alkanes) is 1. The van der Waals surface area contributed by atoms with Crippen molar-refractivity contribution in [2.75, 3.05) is 13.7 Å². The van der Waals surface area contributed by atoms with Crippen LogP contribution in [0.3, 0.4) is 0 Å². The zero-order chi connectivity index (χ0) is 20.7. The van der Waals surface area contributed by atoms with Gasteiger partial charge in [-0.05, 0) is 29.5 Å². The van der Waals surface area contributed by atoms with E-state index in [1.165, 1.54) is 0 Å². The van der Waals surface area contributed by atoms with Crippen LogP contribution in [0.15, 0.2) is 0 Å². The Morgan fingerprint density at radius 1 is 1.11 bits per heavy atom. The van der Waals surface area contributed by atoms with Crippen LogP contribution in [-0.2, 0) is 18.9 Å². The first-order valence-electron chi connectivity index (χ1n) is 10.6. The molecule has 0 spiro atoms. The van der Waals surface area contributed by atoms with Crippen LogP contribution in [0.4, 0.5) is 0 Å². The predicted octanol–water partition coefficient (Wildman–Crippen LogP) is 6.07. The fourth-order valence-corrected chi connectivity index (χ4v) is 10.3. The molecule has 1 fully saturated rings. The van der Waals surface area contributed by atoms with E-state index in [-0.39, 0.29) is 12.0 Å². The summed E-state index contributed by atoms with van der Waals surface area (Å²) in [6.07, 6.45) is 9.49. The number of methoxy groups -OCH3 is 1. The minimum atomic E-state index is -1.85. The zero-order valence-electron chi connectivity index (χ0n) is 18.8. The molecule has 4 nitrogen and oxygen atoms in total. The van der Waals surface area contributed by atoms with Gasteiger partial charge in [-0.25, -0.2) is 9.78 Å². The molecule has 0 radical (unpaired) electrons. The van der Waals surface area contributed by atoms with Gasteiger partial charge in [0.15, 0.2) is 8.32 Å². The van der Waals surface area contributed by atoms with E-state index in [0.29, 0.717) is 16.6 Å². The molecule has 0 saturated carbocycles. The topological polar surface area (TPSA) is 36.9 Å². The van der Waals surface area contributed by atoms with Crippen molar-refractivity contribution in [2.45, 2.75) is 109 Å². The Kier molecular flexibility index (Phi) is 10.0. The average Bonchev–Trinajstić information content (AvgIpc) is 2.62. The molecule has 158 valence electrons. The molecule has 0 aromatic carbocycles. The number of terminal acetylenes is 1. The lowest BCUT2D eigenvalue weighted by Crippen LogP contribution is -2.50. The standard InChI is InChI=1S/C22H42O4Si/c1-10-11-12-14-22(23-9)15-13-21(25-26-22)20(8)16-24-27(17(2)3,18(4)5)19(6)7/h1,17-21H,11-16H2,2-9H3/t20-,21-,22+/m0/s1. The van der Waals surface area contributed by atoms with Crippen molar-refractivity contribution in [2.24, 2.45) is 5.92 Å². The highest BCUT2D eigenvalue weighted by Gasteiger charge is 2.46. The second kappa shape index (κ2) is 11.0. The van der Waals surface area contributed by atoms with E-state index >= 15 is 0 Å². The minimum Gasteiger partial charge on any atom is -0.416 e. The summed E-state index contributed by atoms with van der Waals surface area (Å²) >= 11 is 0. The molecular formula is C22H42O4Si. The van der Waals surface area contributed by atoms with Crippen LogP contribution in [0, 0.1) is 18.3 Å². The van der Waals surface area contributed by atoms with Crippen molar-refractivity contribution in [3.8, 4) is 12.3 Å².